The summed E-state index contributed by atoms with van der Waals surface area (Å²) >= 11 is 0. The number of fused-ring (bicyclic) bond motifs is 1. The van der Waals surface area contributed by atoms with Crippen LogP contribution in [0.3, 0.4) is 0 Å². The molecule has 0 bridgehead atoms. The van der Waals surface area contributed by atoms with Gasteiger partial charge in [0.15, 0.2) is 5.82 Å². The van der Waals surface area contributed by atoms with Crippen molar-refractivity contribution in [1.82, 2.24) is 44.7 Å². The van der Waals surface area contributed by atoms with Crippen LogP contribution in [0.25, 0.3) is 39.3 Å². The van der Waals surface area contributed by atoms with E-state index in [1.54, 1.807) is 17.2 Å². The largest absolute Gasteiger partial charge is 0.474 e. The quantitative estimate of drug-likeness (QED) is 0.259. The maximum Gasteiger partial charge on any atom is 0.237 e. The number of nitrogens with zero attached hydrogens (tertiary/aromatic N) is 9. The number of aromatic amines is 1. The van der Waals surface area contributed by atoms with Gasteiger partial charge in [0.05, 0.1) is 17.5 Å². The van der Waals surface area contributed by atoms with E-state index in [1.165, 1.54) is 5.57 Å². The fraction of sp³-hybridized carbons (Fsp3) is 0.378. The predicted molar refractivity (Wildman–Crippen MR) is 187 cm³/mol. The number of H-pyrrole nitrogens is 1. The van der Waals surface area contributed by atoms with Crippen molar-refractivity contribution in [2.45, 2.75) is 38.2 Å². The highest BCUT2D eigenvalue weighted by molar-refractivity contribution is 6.01. The topological polar surface area (TPSA) is 138 Å². The van der Waals surface area contributed by atoms with Crippen LogP contribution in [-0.2, 0) is 16.6 Å². The number of benzene rings is 1. The van der Waals surface area contributed by atoms with Crippen LogP contribution in [0.4, 0.5) is 5.82 Å². The third-order valence-electron chi connectivity index (χ3n) is 10.5. The number of pyridine rings is 2. The summed E-state index contributed by atoms with van der Waals surface area (Å²) < 4.78 is 7.49. The number of rotatable bonds is 8. The summed E-state index contributed by atoms with van der Waals surface area (Å²) in [6.07, 6.45) is 10.3. The smallest absolute Gasteiger partial charge is 0.237 e. The zero-order valence-corrected chi connectivity index (χ0v) is 28.0. The first kappa shape index (κ1) is 30.6. The SMILES string of the molecule is Cn1cnc(-c2ccc(C3=CCN(C(=O)CN4CC[C@]5(CCN(c6ccc7[nH]nc(-c8ccc(OC9CC9)nc8)c7n6)C5=O)C4)CC3)cc2)n1. The summed E-state index contributed by atoms with van der Waals surface area (Å²) in [5, 5.41) is 12.0. The molecule has 1 atom stereocenters. The highest BCUT2D eigenvalue weighted by Crippen LogP contribution is 2.42. The first-order valence-corrected chi connectivity index (χ1v) is 17.4. The second-order valence-corrected chi connectivity index (χ2v) is 13.9. The Balaban J connectivity index is 0.823. The van der Waals surface area contributed by atoms with Gasteiger partial charge in [0.25, 0.3) is 0 Å². The van der Waals surface area contributed by atoms with E-state index in [0.717, 1.165) is 60.9 Å². The lowest BCUT2D eigenvalue weighted by Crippen LogP contribution is -2.43. The van der Waals surface area contributed by atoms with Gasteiger partial charge in [-0.1, -0.05) is 30.3 Å². The Morgan fingerprint density at radius 3 is 2.54 bits per heavy atom. The maximum atomic E-state index is 14.0. The number of nitrogens with one attached hydrogen (secondary N) is 1. The monoisotopic (exact) mass is 670 g/mol. The predicted octanol–water partition coefficient (Wildman–Crippen LogP) is 4.10. The molecule has 3 fully saturated rings. The van der Waals surface area contributed by atoms with Crippen LogP contribution < -0.4 is 9.64 Å². The highest BCUT2D eigenvalue weighted by atomic mass is 16.5. The van der Waals surface area contributed by atoms with E-state index in [4.69, 9.17) is 9.72 Å². The Kier molecular flexibility index (Phi) is 7.45. The zero-order valence-electron chi connectivity index (χ0n) is 28.0. The van der Waals surface area contributed by atoms with Gasteiger partial charge in [0.1, 0.15) is 29.5 Å². The van der Waals surface area contributed by atoms with Crippen LogP contribution >= 0.6 is 0 Å². The van der Waals surface area contributed by atoms with Crippen LogP contribution in [0.2, 0.25) is 0 Å². The van der Waals surface area contributed by atoms with Gasteiger partial charge >= 0.3 is 0 Å². The third kappa shape index (κ3) is 5.70. The highest BCUT2D eigenvalue weighted by Gasteiger charge is 2.51. The minimum atomic E-state index is -0.497. The summed E-state index contributed by atoms with van der Waals surface area (Å²) in [5.74, 6) is 2.14. The van der Waals surface area contributed by atoms with Gasteiger partial charge < -0.3 is 9.64 Å². The number of ether oxygens (including phenoxy) is 1. The molecule has 0 radical (unpaired) electrons. The van der Waals surface area contributed by atoms with Gasteiger partial charge in [-0.05, 0) is 68.0 Å². The molecule has 1 saturated carbocycles. The van der Waals surface area contributed by atoms with Crippen LogP contribution in [0.5, 0.6) is 5.88 Å². The third-order valence-corrected chi connectivity index (χ3v) is 10.5. The lowest BCUT2D eigenvalue weighted by molar-refractivity contribution is -0.132. The van der Waals surface area contributed by atoms with E-state index in [1.807, 2.05) is 53.2 Å². The Hall–Kier alpha value is -5.43. The molecule has 2 amide bonds. The molecule has 5 aromatic rings. The Morgan fingerprint density at radius 1 is 0.980 bits per heavy atom. The molecule has 4 aromatic heterocycles. The van der Waals surface area contributed by atoms with Crippen molar-refractivity contribution < 1.29 is 14.3 Å². The molecule has 50 heavy (non-hydrogen) atoms. The summed E-state index contributed by atoms with van der Waals surface area (Å²) in [4.78, 5) is 47.0. The molecule has 7 heterocycles. The fourth-order valence-corrected chi connectivity index (χ4v) is 7.45. The minimum absolute atomic E-state index is 0.0861. The van der Waals surface area contributed by atoms with Crippen LogP contribution in [-0.4, -0.2) is 102 Å². The summed E-state index contributed by atoms with van der Waals surface area (Å²) in [6, 6.07) is 15.9. The molecule has 1 N–H and O–H groups in total. The molecule has 1 aromatic carbocycles. The van der Waals surface area contributed by atoms with Crippen molar-refractivity contribution in [3.05, 3.63) is 72.7 Å². The van der Waals surface area contributed by atoms with Crippen LogP contribution in [0.1, 0.15) is 37.7 Å². The number of anilines is 1. The fourth-order valence-electron chi connectivity index (χ4n) is 7.45. The van der Waals surface area contributed by atoms with Gasteiger partial charge in [-0.25, -0.2) is 15.0 Å². The van der Waals surface area contributed by atoms with Crippen molar-refractivity contribution in [3.63, 3.8) is 0 Å². The normalized spacial score (nSPS) is 21.1. The Labute approximate surface area is 289 Å². The molecule has 13 heteroatoms. The van der Waals surface area contributed by atoms with Gasteiger partial charge in [-0.2, -0.15) is 10.2 Å². The number of hydrogen-bond donors (Lipinski definition) is 1. The Bertz CT molecular complexity index is 2120. The van der Waals surface area contributed by atoms with Crippen molar-refractivity contribution in [2.75, 3.05) is 44.2 Å². The van der Waals surface area contributed by atoms with Crippen molar-refractivity contribution in [1.29, 1.82) is 0 Å². The first-order chi connectivity index (χ1) is 24.4. The number of aryl methyl sites for hydroxylation is 1. The first-order valence-electron chi connectivity index (χ1n) is 17.4. The van der Waals surface area contributed by atoms with E-state index >= 15 is 0 Å². The number of likely N-dealkylation sites (tertiary alicyclic amines) is 1. The molecule has 254 valence electrons. The number of aromatic nitrogens is 7. The standard InChI is InChI=1S/C37H38N10O3/c1-44-23-39-35(43-44)26-4-2-24(3-5-26)25-12-16-46(17-13-25)32(48)21-45-18-14-37(22-45)15-19-47(36(37)49)30-10-9-29-34(40-30)33(42-41-29)27-6-11-31(38-20-27)50-28-7-8-28/h2-6,9-12,20,23,28H,7-8,13-19,21-22H2,1H3,(H,41,42)/t37-/m0/s1. The van der Waals surface area contributed by atoms with E-state index in [9.17, 15) is 9.59 Å². The Morgan fingerprint density at radius 2 is 1.80 bits per heavy atom. The van der Waals surface area contributed by atoms with Crippen LogP contribution in [0.15, 0.2) is 67.1 Å². The average molecular weight is 671 g/mol. The van der Waals surface area contributed by atoms with E-state index in [2.05, 4.69) is 48.4 Å². The van der Waals surface area contributed by atoms with E-state index in [0.29, 0.717) is 61.5 Å². The molecule has 1 spiro atoms. The van der Waals surface area contributed by atoms with E-state index < -0.39 is 5.41 Å². The number of carbonyl (C=O) groups excluding carboxylic acids is 2. The molecular formula is C37H38N10O3. The molecule has 13 nitrogen and oxygen atoms in total. The minimum Gasteiger partial charge on any atom is -0.474 e. The molecule has 4 aliphatic rings. The molecule has 3 aliphatic heterocycles. The molecule has 1 aliphatic carbocycles. The van der Waals surface area contributed by atoms with Gasteiger partial charge in [-0.3, -0.25) is 29.2 Å². The number of carbonyl (C=O) groups is 2. The van der Waals surface area contributed by atoms with Gasteiger partial charge in [0.2, 0.25) is 17.7 Å². The van der Waals surface area contributed by atoms with Crippen molar-refractivity contribution >= 4 is 34.2 Å². The second kappa shape index (κ2) is 12.2. The average Bonchev–Trinajstić information content (AvgIpc) is 3.43. The number of amides is 2. The molecule has 2 saturated heterocycles. The van der Waals surface area contributed by atoms with Gasteiger partial charge in [-0.15, -0.1) is 0 Å². The summed E-state index contributed by atoms with van der Waals surface area (Å²) in [7, 11) is 1.86. The van der Waals surface area contributed by atoms with E-state index in [-0.39, 0.29) is 17.9 Å². The van der Waals surface area contributed by atoms with Crippen molar-refractivity contribution in [2.24, 2.45) is 12.5 Å². The molecular weight excluding hydrogens is 632 g/mol. The summed E-state index contributed by atoms with van der Waals surface area (Å²) in [6.45, 7) is 3.50. The lowest BCUT2D eigenvalue weighted by atomic mass is 9.85. The summed E-state index contributed by atoms with van der Waals surface area (Å²) in [5.41, 5.74) is 5.90. The lowest BCUT2D eigenvalue weighted by Gasteiger charge is -2.29. The molecule has 9 rings (SSSR count). The van der Waals surface area contributed by atoms with Crippen LogP contribution in [0, 0.1) is 5.41 Å². The zero-order chi connectivity index (χ0) is 33.8. The van der Waals surface area contributed by atoms with Crippen molar-refractivity contribution in [3.8, 4) is 28.5 Å². The molecule has 0 unspecified atom stereocenters. The maximum absolute atomic E-state index is 14.0. The second-order valence-electron chi connectivity index (χ2n) is 13.9. The van der Waals surface area contributed by atoms with Gasteiger partial charge in [0, 0.05) is 56.6 Å². The number of hydrogen-bond acceptors (Lipinski definition) is 9.